The Morgan fingerprint density at radius 2 is 1.70 bits per heavy atom. The lowest BCUT2D eigenvalue weighted by Gasteiger charge is -2.35. The van der Waals surface area contributed by atoms with Crippen LogP contribution in [-0.2, 0) is 9.59 Å². The minimum absolute atomic E-state index is 0.219. The van der Waals surface area contributed by atoms with Gasteiger partial charge in [0.1, 0.15) is 11.4 Å². The summed E-state index contributed by atoms with van der Waals surface area (Å²) >= 11 is 0. The topological polar surface area (TPSA) is 53.1 Å². The first-order chi connectivity index (χ1) is 13.1. The van der Waals surface area contributed by atoms with Gasteiger partial charge in [-0.05, 0) is 31.2 Å². The fourth-order valence-electron chi connectivity index (χ4n) is 3.58. The summed E-state index contributed by atoms with van der Waals surface area (Å²) in [6.45, 7) is 12.8. The van der Waals surface area contributed by atoms with Crippen molar-refractivity contribution in [3.8, 4) is 5.75 Å². The number of benzene rings is 1. The summed E-state index contributed by atoms with van der Waals surface area (Å²) in [5.74, 6) is 0.269. The number of piperazine rings is 1. The Hall–Kier alpha value is -2.60. The molecule has 0 aromatic heterocycles. The summed E-state index contributed by atoms with van der Waals surface area (Å²) in [5, 5.41) is 0. The van der Waals surface area contributed by atoms with Crippen molar-refractivity contribution in [1.82, 2.24) is 14.7 Å². The van der Waals surface area contributed by atoms with Crippen LogP contribution >= 0.6 is 0 Å². The molecule has 0 unspecified atom stereocenters. The highest BCUT2D eigenvalue weighted by molar-refractivity contribution is 6.35. The molecule has 3 rings (SSSR count). The Balaban J connectivity index is 1.97. The van der Waals surface area contributed by atoms with E-state index in [0.29, 0.717) is 17.9 Å². The third-order valence-corrected chi connectivity index (χ3v) is 5.04. The summed E-state index contributed by atoms with van der Waals surface area (Å²) in [4.78, 5) is 31.7. The second-order valence-corrected chi connectivity index (χ2v) is 6.61. The predicted octanol–water partition coefficient (Wildman–Crippen LogP) is 1.99. The lowest BCUT2D eigenvalue weighted by Crippen LogP contribution is -2.47. The van der Waals surface area contributed by atoms with Crippen molar-refractivity contribution < 1.29 is 14.3 Å². The molecular formula is C21H27N3O3. The quantitative estimate of drug-likeness (QED) is 0.543. The van der Waals surface area contributed by atoms with Crippen molar-refractivity contribution in [2.45, 2.75) is 13.8 Å². The summed E-state index contributed by atoms with van der Waals surface area (Å²) in [6.07, 6.45) is 1.59. The van der Waals surface area contributed by atoms with Crippen LogP contribution in [-0.4, -0.2) is 72.4 Å². The molecule has 0 atom stereocenters. The van der Waals surface area contributed by atoms with E-state index in [1.54, 1.807) is 6.08 Å². The summed E-state index contributed by atoms with van der Waals surface area (Å²) in [7, 11) is 0. The van der Waals surface area contributed by atoms with Crippen LogP contribution in [0.1, 0.15) is 19.4 Å². The molecule has 1 aromatic carbocycles. The number of carbonyl (C=O) groups excluding carboxylic acids is 2. The number of carbonyl (C=O) groups is 2. The van der Waals surface area contributed by atoms with Crippen molar-refractivity contribution in [3.63, 3.8) is 0 Å². The fraction of sp³-hybridized carbons (Fsp3) is 0.429. The average Bonchev–Trinajstić information content (AvgIpc) is 2.94. The minimum atomic E-state index is -0.253. The molecule has 0 radical (unpaired) electrons. The van der Waals surface area contributed by atoms with Crippen molar-refractivity contribution in [2.75, 3.05) is 45.9 Å². The smallest absolute Gasteiger partial charge is 0.278 e. The van der Waals surface area contributed by atoms with Crippen LogP contribution < -0.4 is 4.74 Å². The summed E-state index contributed by atoms with van der Waals surface area (Å²) in [5.41, 5.74) is 1.74. The Kier molecular flexibility index (Phi) is 5.96. The largest absolute Gasteiger partial charge is 0.494 e. The van der Waals surface area contributed by atoms with Crippen molar-refractivity contribution in [3.05, 3.63) is 48.2 Å². The van der Waals surface area contributed by atoms with Gasteiger partial charge in [-0.1, -0.05) is 25.1 Å². The van der Waals surface area contributed by atoms with Gasteiger partial charge in [-0.25, -0.2) is 0 Å². The molecule has 27 heavy (non-hydrogen) atoms. The molecule has 6 nitrogen and oxygen atoms in total. The Bertz CT molecular complexity index is 746. The van der Waals surface area contributed by atoms with E-state index in [-0.39, 0.29) is 18.4 Å². The number of likely N-dealkylation sites (N-methyl/N-ethyl adjacent to an activating group) is 1. The summed E-state index contributed by atoms with van der Waals surface area (Å²) in [6, 6.07) is 7.38. The van der Waals surface area contributed by atoms with E-state index in [4.69, 9.17) is 4.74 Å². The molecule has 1 aromatic rings. The highest BCUT2D eigenvalue weighted by Crippen LogP contribution is 2.33. The van der Waals surface area contributed by atoms with Crippen LogP contribution in [0.25, 0.3) is 5.57 Å². The highest BCUT2D eigenvalue weighted by Gasteiger charge is 2.41. The van der Waals surface area contributed by atoms with Gasteiger partial charge in [0.2, 0.25) is 0 Å². The summed E-state index contributed by atoms with van der Waals surface area (Å²) < 4.78 is 5.49. The molecule has 2 aliphatic rings. The van der Waals surface area contributed by atoms with E-state index in [1.165, 1.54) is 4.90 Å². The number of rotatable bonds is 7. The molecule has 0 N–H and O–H groups in total. The molecule has 2 amide bonds. The molecule has 0 spiro atoms. The molecule has 2 heterocycles. The predicted molar refractivity (Wildman–Crippen MR) is 105 cm³/mol. The van der Waals surface area contributed by atoms with E-state index in [2.05, 4.69) is 23.3 Å². The number of nitrogens with zero attached hydrogens (tertiary/aromatic N) is 3. The number of amides is 2. The van der Waals surface area contributed by atoms with E-state index in [0.717, 1.165) is 44.0 Å². The molecule has 6 heteroatoms. The SMILES string of the molecule is C=CCN1C(=O)C(c2ccc(OCC)cc2)=C(N2CCN(CC)CC2)C1=O. The standard InChI is InChI=1S/C21H27N3O3/c1-4-11-24-20(25)18(16-7-9-17(10-8-16)27-6-3)19(21(24)26)23-14-12-22(5-2)13-15-23/h4,7-10H,1,5-6,11-15H2,2-3H3. The average molecular weight is 369 g/mol. The van der Waals surface area contributed by atoms with Crippen LogP contribution in [0.2, 0.25) is 0 Å². The molecule has 0 saturated carbocycles. The zero-order chi connectivity index (χ0) is 19.4. The third-order valence-electron chi connectivity index (χ3n) is 5.04. The van der Waals surface area contributed by atoms with Gasteiger partial charge in [0.15, 0.2) is 0 Å². The lowest BCUT2D eigenvalue weighted by atomic mass is 10.0. The minimum Gasteiger partial charge on any atom is -0.494 e. The van der Waals surface area contributed by atoms with Crippen LogP contribution in [0.3, 0.4) is 0 Å². The van der Waals surface area contributed by atoms with Crippen LogP contribution in [0.5, 0.6) is 5.75 Å². The van der Waals surface area contributed by atoms with Gasteiger partial charge in [-0.15, -0.1) is 6.58 Å². The third kappa shape index (κ3) is 3.76. The van der Waals surface area contributed by atoms with E-state index < -0.39 is 0 Å². The zero-order valence-corrected chi connectivity index (χ0v) is 16.1. The van der Waals surface area contributed by atoms with E-state index in [1.807, 2.05) is 31.2 Å². The molecule has 1 saturated heterocycles. The molecule has 1 fully saturated rings. The van der Waals surface area contributed by atoms with E-state index >= 15 is 0 Å². The van der Waals surface area contributed by atoms with Crippen molar-refractivity contribution >= 4 is 17.4 Å². The fourth-order valence-corrected chi connectivity index (χ4v) is 3.58. The Labute approximate surface area is 160 Å². The number of hydrogen-bond donors (Lipinski definition) is 0. The number of hydrogen-bond acceptors (Lipinski definition) is 5. The monoisotopic (exact) mass is 369 g/mol. The molecule has 0 bridgehead atoms. The Morgan fingerprint density at radius 3 is 2.26 bits per heavy atom. The van der Waals surface area contributed by atoms with Gasteiger partial charge in [0.05, 0.1) is 12.2 Å². The number of imide groups is 1. The van der Waals surface area contributed by atoms with Crippen molar-refractivity contribution in [1.29, 1.82) is 0 Å². The Morgan fingerprint density at radius 1 is 1.04 bits per heavy atom. The van der Waals surface area contributed by atoms with Crippen LogP contribution in [0, 0.1) is 0 Å². The second-order valence-electron chi connectivity index (χ2n) is 6.61. The lowest BCUT2D eigenvalue weighted by molar-refractivity contribution is -0.137. The zero-order valence-electron chi connectivity index (χ0n) is 16.1. The van der Waals surface area contributed by atoms with Crippen molar-refractivity contribution in [2.24, 2.45) is 0 Å². The van der Waals surface area contributed by atoms with Gasteiger partial charge < -0.3 is 14.5 Å². The van der Waals surface area contributed by atoms with Gasteiger partial charge >= 0.3 is 0 Å². The van der Waals surface area contributed by atoms with Gasteiger partial charge in [-0.3, -0.25) is 14.5 Å². The molecular weight excluding hydrogens is 342 g/mol. The maximum absolute atomic E-state index is 13.0. The van der Waals surface area contributed by atoms with Crippen LogP contribution in [0.15, 0.2) is 42.6 Å². The van der Waals surface area contributed by atoms with E-state index in [9.17, 15) is 9.59 Å². The highest BCUT2D eigenvalue weighted by atomic mass is 16.5. The van der Waals surface area contributed by atoms with Gasteiger partial charge in [-0.2, -0.15) is 0 Å². The first kappa shape index (κ1) is 19.2. The second kappa shape index (κ2) is 8.39. The molecule has 144 valence electrons. The molecule has 0 aliphatic carbocycles. The first-order valence-electron chi connectivity index (χ1n) is 9.52. The molecule has 2 aliphatic heterocycles. The maximum atomic E-state index is 13.0. The van der Waals surface area contributed by atoms with Gasteiger partial charge in [0, 0.05) is 32.7 Å². The van der Waals surface area contributed by atoms with Crippen LogP contribution in [0.4, 0.5) is 0 Å². The normalized spacial score (nSPS) is 18.4. The first-order valence-corrected chi connectivity index (χ1v) is 9.52. The van der Waals surface area contributed by atoms with Gasteiger partial charge in [0.25, 0.3) is 11.8 Å². The number of ether oxygens (including phenoxy) is 1. The maximum Gasteiger partial charge on any atom is 0.278 e.